The molecule has 5 atom stereocenters. The zero-order valence-electron chi connectivity index (χ0n) is 17.2. The first kappa shape index (κ1) is 23.1. The largest absolute Gasteiger partial charge is 0.480 e. The Balaban J connectivity index is 2.11. The van der Waals surface area contributed by atoms with Gasteiger partial charge in [-0.3, -0.25) is 14.4 Å². The van der Waals surface area contributed by atoms with Crippen LogP contribution in [-0.2, 0) is 19.2 Å². The first-order valence-corrected chi connectivity index (χ1v) is 10.1. The fraction of sp³-hybridized carbons (Fsp3) is 0.789. The molecule has 2 fully saturated rings. The van der Waals surface area contributed by atoms with Gasteiger partial charge in [0.05, 0.1) is 6.10 Å². The van der Waals surface area contributed by atoms with Gasteiger partial charge >= 0.3 is 5.97 Å². The van der Waals surface area contributed by atoms with Gasteiger partial charge in [-0.2, -0.15) is 0 Å². The van der Waals surface area contributed by atoms with Crippen molar-refractivity contribution in [2.45, 2.75) is 76.7 Å². The van der Waals surface area contributed by atoms with Crippen LogP contribution in [0.3, 0.4) is 0 Å². The van der Waals surface area contributed by atoms with Gasteiger partial charge in [-0.15, -0.1) is 0 Å². The molecular formula is C19H32N4O6. The molecule has 2 saturated heterocycles. The third-order valence-electron chi connectivity index (χ3n) is 5.69. The Morgan fingerprint density at radius 3 is 2.07 bits per heavy atom. The molecule has 2 heterocycles. The molecule has 2 rings (SSSR count). The van der Waals surface area contributed by atoms with E-state index in [-0.39, 0.29) is 11.8 Å². The van der Waals surface area contributed by atoms with Crippen molar-refractivity contribution in [1.82, 2.24) is 15.1 Å². The van der Waals surface area contributed by atoms with Crippen molar-refractivity contribution < 1.29 is 29.4 Å². The smallest absolute Gasteiger partial charge is 0.326 e. The zero-order chi connectivity index (χ0) is 21.9. The Hall–Kier alpha value is -2.20. The minimum absolute atomic E-state index is 0.299. The number of aliphatic hydroxyl groups is 1. The van der Waals surface area contributed by atoms with E-state index in [0.29, 0.717) is 38.8 Å². The third-order valence-corrected chi connectivity index (χ3v) is 5.69. The summed E-state index contributed by atoms with van der Waals surface area (Å²) in [4.78, 5) is 52.6. The molecule has 29 heavy (non-hydrogen) atoms. The number of hydrogen-bond donors (Lipinski definition) is 4. The second kappa shape index (κ2) is 9.53. The quantitative estimate of drug-likeness (QED) is 0.414. The van der Waals surface area contributed by atoms with E-state index in [4.69, 9.17) is 5.73 Å². The summed E-state index contributed by atoms with van der Waals surface area (Å²) in [6.07, 6.45) is 1.13. The van der Waals surface area contributed by atoms with Crippen molar-refractivity contribution >= 4 is 23.7 Å². The van der Waals surface area contributed by atoms with Gasteiger partial charge < -0.3 is 31.1 Å². The van der Waals surface area contributed by atoms with Crippen LogP contribution in [0.1, 0.15) is 46.5 Å². The summed E-state index contributed by atoms with van der Waals surface area (Å²) < 4.78 is 0. The number of likely N-dealkylation sites (tertiary alicyclic amines) is 2. The summed E-state index contributed by atoms with van der Waals surface area (Å²) in [5, 5.41) is 21.4. The number of amides is 3. The highest BCUT2D eigenvalue weighted by Gasteiger charge is 2.43. The zero-order valence-corrected chi connectivity index (χ0v) is 17.2. The number of carbonyl (C=O) groups is 4. The first-order valence-electron chi connectivity index (χ1n) is 10.1. The molecule has 0 spiro atoms. The standard InChI is InChI=1S/C19H32N4O6/c1-10(2)15(19(28)29)21-16(25)12-6-4-8-22(12)17(26)13-7-5-9-23(13)18(27)14(20)11(3)24/h10-15,24H,4-9,20H2,1-3H3,(H,21,25)(H,28,29). The number of carbonyl (C=O) groups excluding carboxylic acids is 3. The number of carboxylic acids is 1. The summed E-state index contributed by atoms with van der Waals surface area (Å²) >= 11 is 0. The summed E-state index contributed by atoms with van der Waals surface area (Å²) in [6.45, 7) is 5.56. The van der Waals surface area contributed by atoms with Crippen LogP contribution in [0.2, 0.25) is 0 Å². The number of aliphatic hydroxyl groups excluding tert-OH is 1. The average molecular weight is 412 g/mol. The minimum Gasteiger partial charge on any atom is -0.480 e. The fourth-order valence-corrected chi connectivity index (χ4v) is 3.94. The van der Waals surface area contributed by atoms with Crippen molar-refractivity contribution in [3.8, 4) is 0 Å². The van der Waals surface area contributed by atoms with Crippen LogP contribution in [0.25, 0.3) is 0 Å². The summed E-state index contributed by atoms with van der Waals surface area (Å²) in [5.41, 5.74) is 5.76. The van der Waals surface area contributed by atoms with E-state index in [2.05, 4.69) is 5.32 Å². The molecular weight excluding hydrogens is 380 g/mol. The lowest BCUT2D eigenvalue weighted by Crippen LogP contribution is -2.57. The predicted octanol–water partition coefficient (Wildman–Crippen LogP) is -1.10. The molecule has 0 aromatic rings. The normalized spacial score (nSPS) is 25.0. The summed E-state index contributed by atoms with van der Waals surface area (Å²) in [5.74, 6) is -2.73. The minimum atomic E-state index is -1.12. The molecule has 5 unspecified atom stereocenters. The van der Waals surface area contributed by atoms with Crippen molar-refractivity contribution in [2.24, 2.45) is 11.7 Å². The predicted molar refractivity (Wildman–Crippen MR) is 104 cm³/mol. The second-order valence-electron chi connectivity index (χ2n) is 8.21. The molecule has 0 radical (unpaired) electrons. The van der Waals surface area contributed by atoms with Gasteiger partial charge in [-0.05, 0) is 38.5 Å². The molecule has 0 bridgehead atoms. The lowest BCUT2D eigenvalue weighted by molar-refractivity contribution is -0.149. The Morgan fingerprint density at radius 2 is 1.55 bits per heavy atom. The lowest BCUT2D eigenvalue weighted by Gasteiger charge is -2.33. The van der Waals surface area contributed by atoms with Gasteiger partial charge in [0, 0.05) is 13.1 Å². The number of nitrogens with zero attached hydrogens (tertiary/aromatic N) is 2. The maximum Gasteiger partial charge on any atom is 0.326 e. The molecule has 0 aromatic carbocycles. The highest BCUT2D eigenvalue weighted by molar-refractivity contribution is 5.95. The Labute approximate surface area is 170 Å². The van der Waals surface area contributed by atoms with Crippen molar-refractivity contribution in [3.63, 3.8) is 0 Å². The van der Waals surface area contributed by atoms with Gasteiger partial charge in [0.15, 0.2) is 0 Å². The molecule has 0 aliphatic carbocycles. The summed E-state index contributed by atoms with van der Waals surface area (Å²) in [7, 11) is 0. The number of rotatable bonds is 7. The van der Waals surface area contributed by atoms with Gasteiger partial charge in [-0.25, -0.2) is 4.79 Å². The maximum absolute atomic E-state index is 13.2. The van der Waals surface area contributed by atoms with Crippen LogP contribution in [0.15, 0.2) is 0 Å². The summed E-state index contributed by atoms with van der Waals surface area (Å²) in [6, 6.07) is -3.62. The number of aliphatic carboxylic acids is 1. The Bertz CT molecular complexity index is 653. The number of nitrogens with one attached hydrogen (secondary N) is 1. The van der Waals surface area contributed by atoms with Crippen molar-refractivity contribution in [2.75, 3.05) is 13.1 Å². The van der Waals surface area contributed by atoms with E-state index in [1.807, 2.05) is 0 Å². The van der Waals surface area contributed by atoms with E-state index in [1.165, 1.54) is 16.7 Å². The van der Waals surface area contributed by atoms with E-state index in [1.54, 1.807) is 13.8 Å². The molecule has 2 aliphatic rings. The SMILES string of the molecule is CC(C)C(NC(=O)C1CCCN1C(=O)C1CCCN1C(=O)C(N)C(C)O)C(=O)O. The van der Waals surface area contributed by atoms with Crippen molar-refractivity contribution in [3.05, 3.63) is 0 Å². The van der Waals surface area contributed by atoms with E-state index in [9.17, 15) is 29.4 Å². The fourth-order valence-electron chi connectivity index (χ4n) is 3.94. The van der Waals surface area contributed by atoms with E-state index < -0.39 is 48.1 Å². The second-order valence-corrected chi connectivity index (χ2v) is 8.21. The van der Waals surface area contributed by atoms with Gasteiger partial charge in [0.2, 0.25) is 17.7 Å². The van der Waals surface area contributed by atoms with Crippen LogP contribution < -0.4 is 11.1 Å². The van der Waals surface area contributed by atoms with Crippen LogP contribution in [0.4, 0.5) is 0 Å². The molecule has 10 nitrogen and oxygen atoms in total. The Morgan fingerprint density at radius 1 is 1.00 bits per heavy atom. The maximum atomic E-state index is 13.2. The number of carboxylic acid groups (broad SMARTS) is 1. The lowest BCUT2D eigenvalue weighted by atomic mass is 10.0. The number of nitrogens with two attached hydrogens (primary N) is 1. The third kappa shape index (κ3) is 5.05. The van der Waals surface area contributed by atoms with Gasteiger partial charge in [0.25, 0.3) is 0 Å². The molecule has 2 aliphatic heterocycles. The average Bonchev–Trinajstić information content (AvgIpc) is 3.32. The molecule has 10 heteroatoms. The topological polar surface area (TPSA) is 153 Å². The van der Waals surface area contributed by atoms with Crippen molar-refractivity contribution in [1.29, 1.82) is 0 Å². The van der Waals surface area contributed by atoms with Crippen LogP contribution in [-0.4, -0.2) is 87.1 Å². The highest BCUT2D eigenvalue weighted by atomic mass is 16.4. The molecule has 5 N–H and O–H groups in total. The number of hydrogen-bond acceptors (Lipinski definition) is 6. The Kier molecular flexibility index (Phi) is 7.59. The first-order chi connectivity index (χ1) is 13.6. The van der Waals surface area contributed by atoms with Crippen LogP contribution in [0, 0.1) is 5.92 Å². The molecule has 3 amide bonds. The molecule has 164 valence electrons. The van der Waals surface area contributed by atoms with Gasteiger partial charge in [0.1, 0.15) is 24.2 Å². The van der Waals surface area contributed by atoms with E-state index in [0.717, 1.165) is 0 Å². The molecule has 0 saturated carbocycles. The highest BCUT2D eigenvalue weighted by Crippen LogP contribution is 2.26. The van der Waals surface area contributed by atoms with Crippen LogP contribution >= 0.6 is 0 Å². The van der Waals surface area contributed by atoms with Gasteiger partial charge in [-0.1, -0.05) is 13.8 Å². The van der Waals surface area contributed by atoms with Crippen LogP contribution in [0.5, 0.6) is 0 Å². The van der Waals surface area contributed by atoms with E-state index >= 15 is 0 Å². The monoisotopic (exact) mass is 412 g/mol. The molecule has 0 aromatic heterocycles.